The van der Waals surface area contributed by atoms with Crippen molar-refractivity contribution in [2.75, 3.05) is 14.2 Å². The first-order valence-electron chi connectivity index (χ1n) is 7.09. The lowest BCUT2D eigenvalue weighted by Gasteiger charge is -2.09. The minimum absolute atomic E-state index is 0.291. The van der Waals surface area contributed by atoms with Crippen molar-refractivity contribution in [2.45, 2.75) is 0 Å². The molecule has 1 heterocycles. The minimum Gasteiger partial charge on any atom is -0.497 e. The lowest BCUT2D eigenvalue weighted by atomic mass is 10.0. The summed E-state index contributed by atoms with van der Waals surface area (Å²) < 4.78 is 12.4. The van der Waals surface area contributed by atoms with Crippen molar-refractivity contribution >= 4 is 16.9 Å². The van der Waals surface area contributed by atoms with Crippen LogP contribution in [0.15, 0.2) is 42.6 Å². The summed E-state index contributed by atoms with van der Waals surface area (Å²) in [5, 5.41) is 10.1. The lowest BCUT2D eigenvalue weighted by molar-refractivity contribution is 0.0699. The number of hydrogen-bond acceptors (Lipinski definition) is 3. The molecule has 1 N–H and O–H groups in total. The molecule has 0 unspecified atom stereocenters. The maximum Gasteiger partial charge on any atom is 0.337 e. The topological polar surface area (TPSA) is 60.7 Å². The van der Waals surface area contributed by atoms with E-state index >= 15 is 0 Å². The Labute approximate surface area is 133 Å². The normalized spacial score (nSPS) is 10.7. The van der Waals surface area contributed by atoms with Gasteiger partial charge in [-0.1, -0.05) is 6.07 Å². The molecule has 0 aliphatic carbocycles. The summed E-state index contributed by atoms with van der Waals surface area (Å²) in [7, 11) is 5.03. The molecule has 0 radical (unpaired) electrons. The fourth-order valence-electron chi connectivity index (χ4n) is 2.72. The van der Waals surface area contributed by atoms with Crippen LogP contribution >= 0.6 is 0 Å². The smallest absolute Gasteiger partial charge is 0.337 e. The van der Waals surface area contributed by atoms with Crippen molar-refractivity contribution in [2.24, 2.45) is 7.05 Å². The minimum atomic E-state index is -0.934. The van der Waals surface area contributed by atoms with Gasteiger partial charge in [-0.2, -0.15) is 0 Å². The van der Waals surface area contributed by atoms with E-state index in [-0.39, 0.29) is 0 Å². The van der Waals surface area contributed by atoms with E-state index in [4.69, 9.17) is 9.47 Å². The number of carboxylic acids is 1. The van der Waals surface area contributed by atoms with Gasteiger partial charge < -0.3 is 19.1 Å². The fourth-order valence-corrected chi connectivity index (χ4v) is 2.72. The number of nitrogens with zero attached hydrogens (tertiary/aromatic N) is 1. The summed E-state index contributed by atoms with van der Waals surface area (Å²) in [5.41, 5.74) is 2.98. The molecule has 0 atom stereocenters. The Morgan fingerprint density at radius 1 is 1.00 bits per heavy atom. The molecule has 118 valence electrons. The van der Waals surface area contributed by atoms with Crippen molar-refractivity contribution in [3.63, 3.8) is 0 Å². The number of fused-ring (bicyclic) bond motifs is 1. The van der Waals surface area contributed by atoms with E-state index in [2.05, 4.69) is 0 Å². The average Bonchev–Trinajstić information content (AvgIpc) is 2.91. The number of aryl methyl sites for hydroxylation is 1. The SMILES string of the molecule is COc1cc(OC)cc(-c2ccc3c(c2)c(C(=O)O)cn3C)c1. The van der Waals surface area contributed by atoms with E-state index in [1.807, 2.05) is 41.9 Å². The number of hydrogen-bond donors (Lipinski definition) is 1. The van der Waals surface area contributed by atoms with Gasteiger partial charge in [0.2, 0.25) is 0 Å². The Bertz CT molecular complexity index is 873. The molecule has 0 aliphatic rings. The van der Waals surface area contributed by atoms with Crippen LogP contribution in [0.4, 0.5) is 0 Å². The van der Waals surface area contributed by atoms with Gasteiger partial charge in [0.1, 0.15) is 11.5 Å². The first-order chi connectivity index (χ1) is 11.0. The predicted molar refractivity (Wildman–Crippen MR) is 88.4 cm³/mol. The van der Waals surface area contributed by atoms with Gasteiger partial charge >= 0.3 is 5.97 Å². The van der Waals surface area contributed by atoms with E-state index < -0.39 is 5.97 Å². The molecule has 0 fully saturated rings. The van der Waals surface area contributed by atoms with Crippen LogP contribution in [-0.4, -0.2) is 29.9 Å². The van der Waals surface area contributed by atoms with E-state index in [0.717, 1.165) is 16.6 Å². The number of rotatable bonds is 4. The average molecular weight is 311 g/mol. The summed E-state index contributed by atoms with van der Waals surface area (Å²) in [6.07, 6.45) is 1.63. The van der Waals surface area contributed by atoms with Crippen molar-refractivity contribution in [3.05, 3.63) is 48.2 Å². The van der Waals surface area contributed by atoms with Crippen molar-refractivity contribution in [3.8, 4) is 22.6 Å². The Hall–Kier alpha value is -2.95. The molecule has 0 bridgehead atoms. The van der Waals surface area contributed by atoms with Gasteiger partial charge in [-0.15, -0.1) is 0 Å². The second kappa shape index (κ2) is 5.68. The number of methoxy groups -OCH3 is 2. The molecule has 0 amide bonds. The summed E-state index contributed by atoms with van der Waals surface area (Å²) >= 11 is 0. The first-order valence-corrected chi connectivity index (χ1v) is 7.09. The molecule has 23 heavy (non-hydrogen) atoms. The van der Waals surface area contributed by atoms with Crippen LogP contribution in [0.5, 0.6) is 11.5 Å². The van der Waals surface area contributed by atoms with Crippen molar-refractivity contribution in [1.29, 1.82) is 0 Å². The summed E-state index contributed by atoms with van der Waals surface area (Å²) in [6, 6.07) is 11.4. The number of aromatic nitrogens is 1. The molecule has 0 spiro atoms. The van der Waals surface area contributed by atoms with Crippen LogP contribution in [0.2, 0.25) is 0 Å². The zero-order valence-electron chi connectivity index (χ0n) is 13.2. The van der Waals surface area contributed by atoms with Crippen molar-refractivity contribution in [1.82, 2.24) is 4.57 Å². The highest BCUT2D eigenvalue weighted by Gasteiger charge is 2.14. The summed E-state index contributed by atoms with van der Waals surface area (Å²) in [6.45, 7) is 0. The Morgan fingerprint density at radius 3 is 2.22 bits per heavy atom. The quantitative estimate of drug-likeness (QED) is 0.800. The van der Waals surface area contributed by atoms with Gasteiger partial charge in [0.15, 0.2) is 0 Å². The molecule has 5 nitrogen and oxygen atoms in total. The second-order valence-electron chi connectivity index (χ2n) is 5.29. The van der Waals surface area contributed by atoms with E-state index in [0.29, 0.717) is 22.4 Å². The molecule has 3 rings (SSSR count). The van der Waals surface area contributed by atoms with Gasteiger partial charge in [-0.05, 0) is 35.4 Å². The number of aromatic carboxylic acids is 1. The summed E-state index contributed by atoms with van der Waals surface area (Å²) in [4.78, 5) is 11.4. The van der Waals surface area contributed by atoms with E-state index in [9.17, 15) is 9.90 Å². The van der Waals surface area contributed by atoms with Crippen molar-refractivity contribution < 1.29 is 19.4 Å². The molecule has 0 aliphatic heterocycles. The fraction of sp³-hybridized carbons (Fsp3) is 0.167. The molecule has 0 saturated heterocycles. The van der Waals surface area contributed by atoms with Gasteiger partial charge in [0, 0.05) is 30.2 Å². The third kappa shape index (κ3) is 2.61. The molecule has 0 saturated carbocycles. The van der Waals surface area contributed by atoms with Crippen LogP contribution < -0.4 is 9.47 Å². The number of carboxylic acid groups (broad SMARTS) is 1. The van der Waals surface area contributed by atoms with Crippen LogP contribution in [0, 0.1) is 0 Å². The Balaban J connectivity index is 2.21. The maximum atomic E-state index is 11.4. The molecule has 5 heteroatoms. The first kappa shape index (κ1) is 15.0. The molecular weight excluding hydrogens is 294 g/mol. The van der Waals surface area contributed by atoms with E-state index in [1.165, 1.54) is 0 Å². The third-order valence-electron chi connectivity index (χ3n) is 3.90. The van der Waals surface area contributed by atoms with Gasteiger partial charge in [0.25, 0.3) is 0 Å². The van der Waals surface area contributed by atoms with Gasteiger partial charge in [-0.3, -0.25) is 0 Å². The van der Waals surface area contributed by atoms with Crippen LogP contribution in [0.25, 0.3) is 22.0 Å². The predicted octanol–water partition coefficient (Wildman–Crippen LogP) is 3.56. The summed E-state index contributed by atoms with van der Waals surface area (Å²) in [5.74, 6) is 0.438. The maximum absolute atomic E-state index is 11.4. The Kier molecular flexibility index (Phi) is 3.70. The highest BCUT2D eigenvalue weighted by Crippen LogP contribution is 2.32. The van der Waals surface area contributed by atoms with Gasteiger partial charge in [0.05, 0.1) is 19.8 Å². The molecule has 1 aromatic heterocycles. The standard InChI is InChI=1S/C18H17NO4/c1-19-10-16(18(20)21)15-8-11(4-5-17(15)19)12-6-13(22-2)9-14(7-12)23-3/h4-10H,1-3H3,(H,20,21). The highest BCUT2D eigenvalue weighted by molar-refractivity contribution is 6.04. The van der Waals surface area contributed by atoms with E-state index in [1.54, 1.807) is 26.5 Å². The third-order valence-corrected chi connectivity index (χ3v) is 3.90. The number of ether oxygens (including phenoxy) is 2. The van der Waals surface area contributed by atoms with Crippen LogP contribution in [0.1, 0.15) is 10.4 Å². The zero-order valence-corrected chi connectivity index (χ0v) is 13.2. The second-order valence-corrected chi connectivity index (χ2v) is 5.29. The van der Waals surface area contributed by atoms with Crippen LogP contribution in [0.3, 0.4) is 0 Å². The Morgan fingerprint density at radius 2 is 1.65 bits per heavy atom. The largest absolute Gasteiger partial charge is 0.497 e. The number of carbonyl (C=O) groups is 1. The lowest BCUT2D eigenvalue weighted by Crippen LogP contribution is -1.94. The number of benzene rings is 2. The molecular formula is C18H17NO4. The highest BCUT2D eigenvalue weighted by atomic mass is 16.5. The zero-order chi connectivity index (χ0) is 16.6. The van der Waals surface area contributed by atoms with Crippen LogP contribution in [-0.2, 0) is 7.05 Å². The molecule has 2 aromatic carbocycles. The van der Waals surface area contributed by atoms with Gasteiger partial charge in [-0.25, -0.2) is 4.79 Å². The monoisotopic (exact) mass is 311 g/mol. The molecule has 3 aromatic rings.